The number of carbonyl (C=O) groups excluding carboxylic acids is 1. The lowest BCUT2D eigenvalue weighted by atomic mass is 10.1. The third kappa shape index (κ3) is 5.31. The minimum atomic E-state index is -0.447. The molecule has 4 nitrogen and oxygen atoms in total. The van der Waals surface area contributed by atoms with Crippen molar-refractivity contribution in [2.75, 3.05) is 0 Å². The van der Waals surface area contributed by atoms with Gasteiger partial charge < -0.3 is 0 Å². The number of thioether (sulfide) groups is 1. The van der Waals surface area contributed by atoms with Crippen molar-refractivity contribution in [2.24, 2.45) is 0 Å². The number of carbonyl (C=O) groups is 1. The number of nitrogens with zero attached hydrogens (tertiary/aromatic N) is 1. The molecule has 0 amide bonds. The number of halogens is 1. The van der Waals surface area contributed by atoms with Crippen molar-refractivity contribution < 1.29 is 9.72 Å². The zero-order chi connectivity index (χ0) is 19.9. The predicted octanol–water partition coefficient (Wildman–Crippen LogP) is 6.41. The first-order valence-corrected chi connectivity index (χ1v) is 9.82. The van der Waals surface area contributed by atoms with Gasteiger partial charge in [-0.15, -0.1) is 11.8 Å². The SMILES string of the molecule is O=C(/C(=C/c1ccc([N+](=O)[O-])cc1)SCc1ccccc1)c1ccc(Cl)cc1. The van der Waals surface area contributed by atoms with Gasteiger partial charge in [-0.05, 0) is 53.6 Å². The molecule has 0 fully saturated rings. The zero-order valence-electron chi connectivity index (χ0n) is 14.7. The van der Waals surface area contributed by atoms with Crippen LogP contribution in [-0.2, 0) is 5.75 Å². The number of nitro benzene ring substituents is 1. The minimum absolute atomic E-state index is 0.0136. The summed E-state index contributed by atoms with van der Waals surface area (Å²) in [5.74, 6) is 0.523. The van der Waals surface area contributed by atoms with Crippen molar-refractivity contribution >= 4 is 40.9 Å². The number of ketones is 1. The number of Topliss-reactive ketones (excluding diaryl/α,β-unsaturated/α-hetero) is 1. The number of rotatable bonds is 7. The van der Waals surface area contributed by atoms with Gasteiger partial charge in [0, 0.05) is 28.5 Å². The summed E-state index contributed by atoms with van der Waals surface area (Å²) in [4.78, 5) is 24.0. The first-order valence-electron chi connectivity index (χ1n) is 8.46. The van der Waals surface area contributed by atoms with Crippen LogP contribution in [0.3, 0.4) is 0 Å². The van der Waals surface area contributed by atoms with Gasteiger partial charge in [0.1, 0.15) is 0 Å². The van der Waals surface area contributed by atoms with Crippen LogP contribution in [0.25, 0.3) is 6.08 Å². The van der Waals surface area contributed by atoms with Crippen LogP contribution in [0.4, 0.5) is 5.69 Å². The van der Waals surface area contributed by atoms with Crippen LogP contribution in [0.1, 0.15) is 21.5 Å². The Hall–Kier alpha value is -2.89. The highest BCUT2D eigenvalue weighted by Gasteiger charge is 2.14. The molecule has 0 aliphatic carbocycles. The summed E-state index contributed by atoms with van der Waals surface area (Å²) in [5.41, 5.74) is 2.38. The summed E-state index contributed by atoms with van der Waals surface area (Å²) >= 11 is 7.35. The number of hydrogen-bond acceptors (Lipinski definition) is 4. The molecule has 0 saturated heterocycles. The summed E-state index contributed by atoms with van der Waals surface area (Å²) in [6.07, 6.45) is 1.76. The highest BCUT2D eigenvalue weighted by atomic mass is 35.5. The van der Waals surface area contributed by atoms with Crippen LogP contribution < -0.4 is 0 Å². The molecule has 3 aromatic carbocycles. The minimum Gasteiger partial charge on any atom is -0.288 e. The lowest BCUT2D eigenvalue weighted by Gasteiger charge is -2.08. The van der Waals surface area contributed by atoms with Crippen molar-refractivity contribution in [3.63, 3.8) is 0 Å². The molecule has 0 bridgehead atoms. The van der Waals surface area contributed by atoms with E-state index in [9.17, 15) is 14.9 Å². The third-order valence-electron chi connectivity index (χ3n) is 3.97. The van der Waals surface area contributed by atoms with Crippen LogP contribution in [0.15, 0.2) is 83.8 Å². The second-order valence-corrected chi connectivity index (χ2v) is 7.42. The number of allylic oxidation sites excluding steroid dienone is 1. The van der Waals surface area contributed by atoms with Gasteiger partial charge in [0.2, 0.25) is 0 Å². The Morgan fingerprint density at radius 1 is 0.964 bits per heavy atom. The van der Waals surface area contributed by atoms with Gasteiger partial charge in [0.05, 0.1) is 9.83 Å². The highest BCUT2D eigenvalue weighted by molar-refractivity contribution is 8.03. The molecule has 0 spiro atoms. The highest BCUT2D eigenvalue weighted by Crippen LogP contribution is 2.28. The Labute approximate surface area is 172 Å². The fourth-order valence-electron chi connectivity index (χ4n) is 2.50. The molecule has 28 heavy (non-hydrogen) atoms. The third-order valence-corrected chi connectivity index (χ3v) is 5.31. The van der Waals surface area contributed by atoms with Crippen molar-refractivity contribution in [1.82, 2.24) is 0 Å². The van der Waals surface area contributed by atoms with E-state index in [0.717, 1.165) is 11.1 Å². The molecular formula is C22H16ClNO3S. The lowest BCUT2D eigenvalue weighted by Crippen LogP contribution is -2.01. The van der Waals surface area contributed by atoms with Gasteiger partial charge >= 0.3 is 0 Å². The quantitative estimate of drug-likeness (QED) is 0.196. The average Bonchev–Trinajstić information content (AvgIpc) is 2.72. The first-order chi connectivity index (χ1) is 13.5. The van der Waals surface area contributed by atoms with Gasteiger partial charge in [-0.2, -0.15) is 0 Å². The van der Waals surface area contributed by atoms with Crippen molar-refractivity contribution in [3.8, 4) is 0 Å². The molecule has 6 heteroatoms. The van der Waals surface area contributed by atoms with Gasteiger partial charge in [0.25, 0.3) is 5.69 Å². The van der Waals surface area contributed by atoms with Crippen LogP contribution in [0.2, 0.25) is 5.02 Å². The number of nitro groups is 1. The van der Waals surface area contributed by atoms with E-state index in [1.165, 1.54) is 23.9 Å². The zero-order valence-corrected chi connectivity index (χ0v) is 16.3. The average molecular weight is 410 g/mol. The predicted molar refractivity (Wildman–Crippen MR) is 115 cm³/mol. The summed E-state index contributed by atoms with van der Waals surface area (Å²) in [5, 5.41) is 11.4. The molecule has 0 unspecified atom stereocenters. The summed E-state index contributed by atoms with van der Waals surface area (Å²) < 4.78 is 0. The van der Waals surface area contributed by atoms with Crippen molar-refractivity contribution in [2.45, 2.75) is 5.75 Å². The second-order valence-electron chi connectivity index (χ2n) is 5.97. The van der Waals surface area contributed by atoms with Crippen LogP contribution in [-0.4, -0.2) is 10.7 Å². The normalized spacial score (nSPS) is 11.2. The molecular weight excluding hydrogens is 394 g/mol. The van der Waals surface area contributed by atoms with Crippen molar-refractivity contribution in [3.05, 3.63) is 116 Å². The van der Waals surface area contributed by atoms with Gasteiger partial charge in [-0.1, -0.05) is 41.9 Å². The summed E-state index contributed by atoms with van der Waals surface area (Å²) in [6.45, 7) is 0. The van der Waals surface area contributed by atoms with E-state index in [4.69, 9.17) is 11.6 Å². The maximum atomic E-state index is 13.0. The Morgan fingerprint density at radius 2 is 1.61 bits per heavy atom. The van der Waals surface area contributed by atoms with E-state index in [2.05, 4.69) is 0 Å². The molecule has 140 valence electrons. The topological polar surface area (TPSA) is 60.2 Å². The van der Waals surface area contributed by atoms with Crippen molar-refractivity contribution in [1.29, 1.82) is 0 Å². The van der Waals surface area contributed by atoms with Crippen LogP contribution in [0.5, 0.6) is 0 Å². The molecule has 0 saturated carbocycles. The fourth-order valence-corrected chi connectivity index (χ4v) is 3.60. The molecule has 0 atom stereocenters. The Balaban J connectivity index is 1.89. The fraction of sp³-hybridized carbons (Fsp3) is 0.0455. The van der Waals surface area contributed by atoms with Gasteiger partial charge in [0.15, 0.2) is 5.78 Å². The van der Waals surface area contributed by atoms with E-state index in [0.29, 0.717) is 21.2 Å². The molecule has 0 aromatic heterocycles. The van der Waals surface area contributed by atoms with Crippen LogP contribution in [0, 0.1) is 10.1 Å². The number of non-ortho nitro benzene ring substituents is 1. The van der Waals surface area contributed by atoms with E-state index >= 15 is 0 Å². The second kappa shape index (κ2) is 9.35. The molecule has 0 aliphatic heterocycles. The van der Waals surface area contributed by atoms with Gasteiger partial charge in [-0.25, -0.2) is 0 Å². The first kappa shape index (κ1) is 19.9. The van der Waals surface area contributed by atoms with E-state index in [1.54, 1.807) is 42.5 Å². The summed E-state index contributed by atoms with van der Waals surface area (Å²) in [7, 11) is 0. The molecule has 0 heterocycles. The largest absolute Gasteiger partial charge is 0.288 e. The van der Waals surface area contributed by atoms with E-state index in [-0.39, 0.29) is 11.5 Å². The molecule has 0 radical (unpaired) electrons. The lowest BCUT2D eigenvalue weighted by molar-refractivity contribution is -0.384. The van der Waals surface area contributed by atoms with Gasteiger partial charge in [-0.3, -0.25) is 14.9 Å². The molecule has 3 aromatic rings. The molecule has 0 N–H and O–H groups in total. The summed E-state index contributed by atoms with van der Waals surface area (Å²) in [6, 6.07) is 22.7. The maximum absolute atomic E-state index is 13.0. The molecule has 0 aliphatic rings. The number of benzene rings is 3. The van der Waals surface area contributed by atoms with E-state index in [1.807, 2.05) is 30.3 Å². The maximum Gasteiger partial charge on any atom is 0.269 e. The Morgan fingerprint density at radius 3 is 2.21 bits per heavy atom. The smallest absolute Gasteiger partial charge is 0.269 e. The van der Waals surface area contributed by atoms with Crippen LogP contribution >= 0.6 is 23.4 Å². The monoisotopic (exact) mass is 409 g/mol. The molecule has 3 rings (SSSR count). The Kier molecular flexibility index (Phi) is 6.63. The Bertz CT molecular complexity index is 1000. The van der Waals surface area contributed by atoms with E-state index < -0.39 is 4.92 Å². The standard InChI is InChI=1S/C22H16ClNO3S/c23-19-10-8-18(9-11-19)22(25)21(28-15-17-4-2-1-3-5-17)14-16-6-12-20(13-7-16)24(26)27/h1-14H,15H2/b21-14-. The number of hydrogen-bond donors (Lipinski definition) is 0.